The van der Waals surface area contributed by atoms with E-state index >= 15 is 0 Å². The lowest BCUT2D eigenvalue weighted by Crippen LogP contribution is -2.97. The number of hydrogen-bond donors (Lipinski definition) is 2. The molecule has 1 aliphatic heterocycles. The standard InChI is InChI=1S/C21H33N3O3S/c1-15-7-6-8-20(16(15)2)22-17(3)21(25)23-18-9-11-19(12-10-18)28(26,27)24-13-4-5-14-24/h9-12,15-17,20,22H,4-8,13-14H2,1-3H3,(H,23,25)/p+1/t15-,16+,17-,20+/m0/s1. The number of amides is 1. The molecule has 156 valence electrons. The van der Waals surface area contributed by atoms with E-state index in [4.69, 9.17) is 0 Å². The van der Waals surface area contributed by atoms with Crippen molar-refractivity contribution < 1.29 is 18.5 Å². The summed E-state index contributed by atoms with van der Waals surface area (Å²) in [4.78, 5) is 12.9. The minimum atomic E-state index is -3.42. The number of carbonyl (C=O) groups is 1. The van der Waals surface area contributed by atoms with Gasteiger partial charge in [0.05, 0.1) is 10.9 Å². The second-order valence-electron chi connectivity index (χ2n) is 8.54. The normalized spacial score (nSPS) is 27.5. The van der Waals surface area contributed by atoms with Gasteiger partial charge in [0.1, 0.15) is 0 Å². The van der Waals surface area contributed by atoms with Crippen LogP contribution in [0.4, 0.5) is 5.69 Å². The van der Waals surface area contributed by atoms with Gasteiger partial charge in [-0.2, -0.15) is 4.31 Å². The first-order chi connectivity index (χ1) is 13.3. The zero-order valence-electron chi connectivity index (χ0n) is 17.2. The Morgan fingerprint density at radius 1 is 1.11 bits per heavy atom. The third kappa shape index (κ3) is 4.75. The van der Waals surface area contributed by atoms with Crippen molar-refractivity contribution >= 4 is 21.6 Å². The van der Waals surface area contributed by atoms with Crippen LogP contribution in [-0.4, -0.2) is 43.8 Å². The maximum absolute atomic E-state index is 12.6. The Morgan fingerprint density at radius 3 is 2.39 bits per heavy atom. The van der Waals surface area contributed by atoms with Gasteiger partial charge in [0.25, 0.3) is 5.91 Å². The van der Waals surface area contributed by atoms with Crippen molar-refractivity contribution in [3.8, 4) is 0 Å². The molecular formula is C21H34N3O3S+. The van der Waals surface area contributed by atoms with Gasteiger partial charge in [-0.25, -0.2) is 8.42 Å². The van der Waals surface area contributed by atoms with Gasteiger partial charge in [-0.1, -0.05) is 13.8 Å². The van der Waals surface area contributed by atoms with Crippen molar-refractivity contribution in [1.82, 2.24) is 4.31 Å². The van der Waals surface area contributed by atoms with Crippen LogP contribution in [0.5, 0.6) is 0 Å². The minimum Gasteiger partial charge on any atom is -0.334 e. The van der Waals surface area contributed by atoms with Gasteiger partial charge in [0.15, 0.2) is 6.04 Å². The molecule has 0 spiro atoms. The van der Waals surface area contributed by atoms with Crippen molar-refractivity contribution in [3.05, 3.63) is 24.3 Å². The first-order valence-electron chi connectivity index (χ1n) is 10.5. The van der Waals surface area contributed by atoms with E-state index in [1.54, 1.807) is 24.3 Å². The average molecular weight is 409 g/mol. The summed E-state index contributed by atoms with van der Waals surface area (Å²) in [6, 6.07) is 6.84. The Labute approximate surface area is 169 Å². The third-order valence-electron chi connectivity index (χ3n) is 6.54. The molecule has 6 nitrogen and oxygen atoms in total. The fraction of sp³-hybridized carbons (Fsp3) is 0.667. The Morgan fingerprint density at radius 2 is 1.75 bits per heavy atom. The monoisotopic (exact) mass is 408 g/mol. The molecule has 0 aromatic heterocycles. The highest BCUT2D eigenvalue weighted by atomic mass is 32.2. The summed E-state index contributed by atoms with van der Waals surface area (Å²) < 4.78 is 26.7. The first kappa shape index (κ1) is 21.3. The van der Waals surface area contributed by atoms with Crippen LogP contribution in [0.3, 0.4) is 0 Å². The van der Waals surface area contributed by atoms with E-state index < -0.39 is 10.0 Å². The van der Waals surface area contributed by atoms with Gasteiger partial charge in [-0.05, 0) is 69.2 Å². The van der Waals surface area contributed by atoms with Crippen molar-refractivity contribution in [1.29, 1.82) is 0 Å². The van der Waals surface area contributed by atoms with E-state index in [0.717, 1.165) is 19.3 Å². The number of quaternary nitrogens is 1. The molecule has 3 N–H and O–H groups in total. The summed E-state index contributed by atoms with van der Waals surface area (Å²) in [6.07, 6.45) is 5.50. The van der Waals surface area contributed by atoms with Gasteiger partial charge in [0, 0.05) is 24.7 Å². The van der Waals surface area contributed by atoms with E-state index in [9.17, 15) is 13.2 Å². The molecular weight excluding hydrogens is 374 g/mol. The Hall–Kier alpha value is -1.44. The van der Waals surface area contributed by atoms with E-state index in [1.165, 1.54) is 17.1 Å². The zero-order chi connectivity index (χ0) is 20.3. The van der Waals surface area contributed by atoms with Crippen molar-refractivity contribution in [3.63, 3.8) is 0 Å². The van der Waals surface area contributed by atoms with E-state index in [2.05, 4.69) is 24.5 Å². The number of benzene rings is 1. The summed E-state index contributed by atoms with van der Waals surface area (Å²) in [5.41, 5.74) is 0.635. The summed E-state index contributed by atoms with van der Waals surface area (Å²) in [7, 11) is -3.42. The highest BCUT2D eigenvalue weighted by molar-refractivity contribution is 7.89. The van der Waals surface area contributed by atoms with Crippen LogP contribution in [0.25, 0.3) is 0 Å². The summed E-state index contributed by atoms with van der Waals surface area (Å²) in [6.45, 7) is 7.70. The highest BCUT2D eigenvalue weighted by Gasteiger charge is 2.32. The van der Waals surface area contributed by atoms with Gasteiger partial charge in [-0.15, -0.1) is 0 Å². The largest absolute Gasteiger partial charge is 0.334 e. The lowest BCUT2D eigenvalue weighted by molar-refractivity contribution is -0.715. The van der Waals surface area contributed by atoms with Crippen LogP contribution in [0.15, 0.2) is 29.2 Å². The maximum atomic E-state index is 12.6. The van der Waals surface area contributed by atoms with Crippen LogP contribution in [0, 0.1) is 11.8 Å². The fourth-order valence-corrected chi connectivity index (χ4v) is 5.91. The van der Waals surface area contributed by atoms with Gasteiger partial charge < -0.3 is 10.6 Å². The lowest BCUT2D eigenvalue weighted by atomic mass is 9.78. The van der Waals surface area contributed by atoms with Crippen LogP contribution in [0.1, 0.15) is 52.9 Å². The predicted octanol–water partition coefficient (Wildman–Crippen LogP) is 2.19. The number of rotatable bonds is 6. The zero-order valence-corrected chi connectivity index (χ0v) is 18.0. The number of nitrogens with zero attached hydrogens (tertiary/aromatic N) is 1. The van der Waals surface area contributed by atoms with Crippen molar-refractivity contribution in [2.24, 2.45) is 11.8 Å². The quantitative estimate of drug-likeness (QED) is 0.757. The lowest BCUT2D eigenvalue weighted by Gasteiger charge is -2.33. The van der Waals surface area contributed by atoms with E-state index in [1.807, 2.05) is 6.92 Å². The van der Waals surface area contributed by atoms with Gasteiger partial charge in [0.2, 0.25) is 10.0 Å². The molecule has 1 aromatic rings. The first-order valence-corrected chi connectivity index (χ1v) is 12.0. The van der Waals surface area contributed by atoms with E-state index in [-0.39, 0.29) is 16.8 Å². The molecule has 2 fully saturated rings. The third-order valence-corrected chi connectivity index (χ3v) is 8.46. The van der Waals surface area contributed by atoms with Crippen LogP contribution in [-0.2, 0) is 14.8 Å². The molecule has 1 aliphatic carbocycles. The molecule has 0 radical (unpaired) electrons. The minimum absolute atomic E-state index is 0.0411. The van der Waals surface area contributed by atoms with Crippen LogP contribution < -0.4 is 10.6 Å². The number of sulfonamides is 1. The molecule has 3 rings (SSSR count). The van der Waals surface area contributed by atoms with E-state index in [0.29, 0.717) is 36.7 Å². The molecule has 0 bridgehead atoms. The fourth-order valence-electron chi connectivity index (χ4n) is 4.40. The number of hydrogen-bond acceptors (Lipinski definition) is 3. The summed E-state index contributed by atoms with van der Waals surface area (Å²) >= 11 is 0. The maximum Gasteiger partial charge on any atom is 0.282 e. The Balaban J connectivity index is 1.58. The van der Waals surface area contributed by atoms with Crippen molar-refractivity contribution in [2.75, 3.05) is 18.4 Å². The number of nitrogens with one attached hydrogen (secondary N) is 1. The SMILES string of the molecule is C[C@@H]1[C@@H](C)CCC[C@H]1[NH2+][C@@H](C)C(=O)Nc1ccc(S(=O)(=O)N2CCCC2)cc1. The highest BCUT2D eigenvalue weighted by Crippen LogP contribution is 2.27. The molecule has 0 unspecified atom stereocenters. The molecule has 1 heterocycles. The molecule has 4 atom stereocenters. The van der Waals surface area contributed by atoms with Crippen molar-refractivity contribution in [2.45, 2.75) is 69.9 Å². The Kier molecular flexibility index (Phi) is 6.78. The smallest absolute Gasteiger partial charge is 0.282 e. The summed E-state index contributed by atoms with van der Waals surface area (Å²) in [5.74, 6) is 1.27. The number of carbonyl (C=O) groups excluding carboxylic acids is 1. The molecule has 7 heteroatoms. The predicted molar refractivity (Wildman–Crippen MR) is 110 cm³/mol. The molecule has 2 aliphatic rings. The topological polar surface area (TPSA) is 83.1 Å². The van der Waals surface area contributed by atoms with Gasteiger partial charge >= 0.3 is 0 Å². The second kappa shape index (κ2) is 8.93. The second-order valence-corrected chi connectivity index (χ2v) is 10.5. The molecule has 1 saturated heterocycles. The molecule has 1 aromatic carbocycles. The molecule has 1 saturated carbocycles. The summed E-state index contributed by atoms with van der Waals surface area (Å²) in [5, 5.41) is 5.12. The van der Waals surface area contributed by atoms with Crippen LogP contribution >= 0.6 is 0 Å². The van der Waals surface area contributed by atoms with Gasteiger partial charge in [-0.3, -0.25) is 4.79 Å². The molecule has 1 amide bonds. The number of anilines is 1. The van der Waals surface area contributed by atoms with Crippen LogP contribution in [0.2, 0.25) is 0 Å². The Bertz CT molecular complexity index is 773. The number of nitrogens with two attached hydrogens (primary N) is 1. The molecule has 28 heavy (non-hydrogen) atoms. The average Bonchev–Trinajstić information content (AvgIpc) is 3.21.